The van der Waals surface area contributed by atoms with Crippen LogP contribution >= 0.6 is 0 Å². The monoisotopic (exact) mass is 507 g/mol. The molecule has 9 heteroatoms. The second-order valence-electron chi connectivity index (χ2n) is 9.50. The maximum Gasteiger partial charge on any atom is 0.254 e. The number of fused-ring (bicyclic) bond motifs is 1. The fourth-order valence-corrected chi connectivity index (χ4v) is 5.05. The van der Waals surface area contributed by atoms with Gasteiger partial charge in [0, 0.05) is 43.9 Å². The Hall–Kier alpha value is -3.59. The number of amides is 1. The Labute approximate surface area is 217 Å². The zero-order valence-electron chi connectivity index (χ0n) is 21.7. The number of likely N-dealkylation sites (N-methyl/N-ethyl adjacent to an activating group) is 1. The number of halogens is 1. The smallest absolute Gasteiger partial charge is 0.254 e. The Kier molecular flexibility index (Phi) is 7.32. The quantitative estimate of drug-likeness (QED) is 0.455. The van der Waals surface area contributed by atoms with Gasteiger partial charge in [-0.05, 0) is 56.3 Å². The highest BCUT2D eigenvalue weighted by molar-refractivity contribution is 5.95. The van der Waals surface area contributed by atoms with E-state index in [0.717, 1.165) is 56.2 Å². The van der Waals surface area contributed by atoms with E-state index in [2.05, 4.69) is 23.6 Å². The van der Waals surface area contributed by atoms with Crippen LogP contribution in [0.15, 0.2) is 42.5 Å². The van der Waals surface area contributed by atoms with Crippen molar-refractivity contribution in [2.24, 2.45) is 0 Å². The number of carbonyl (C=O) groups is 1. The molecular formula is C28H34FN5O3. The molecule has 1 aromatic heterocycles. The Balaban J connectivity index is 1.51. The Morgan fingerprint density at radius 3 is 2.57 bits per heavy atom. The van der Waals surface area contributed by atoms with Gasteiger partial charge in [-0.15, -0.1) is 0 Å². The first kappa shape index (κ1) is 25.1. The molecule has 3 aromatic rings. The third-order valence-electron chi connectivity index (χ3n) is 7.08. The van der Waals surface area contributed by atoms with Gasteiger partial charge in [-0.1, -0.05) is 19.9 Å². The number of hydrogen-bond acceptors (Lipinski definition) is 6. The van der Waals surface area contributed by atoms with E-state index >= 15 is 0 Å². The van der Waals surface area contributed by atoms with Gasteiger partial charge in [0.15, 0.2) is 11.5 Å². The zero-order chi connectivity index (χ0) is 25.9. The standard InChI is InChI=1S/C28H34FN5O3/c1-4-11-33(28(35)21-9-10-25-26(16-21)37-19-36-25)18-24-20(3)30-34(23-8-6-7-22(29)17-23)27(24)32-14-12-31(5-2)13-15-32/h6-10,16-17H,4-5,11-15,18-19H2,1-3H3. The van der Waals surface area contributed by atoms with Crippen LogP contribution in [0.2, 0.25) is 0 Å². The molecule has 0 saturated carbocycles. The molecule has 196 valence electrons. The summed E-state index contributed by atoms with van der Waals surface area (Å²) in [6.07, 6.45) is 0.817. The normalized spacial score (nSPS) is 15.3. The fourth-order valence-electron chi connectivity index (χ4n) is 5.05. The molecule has 1 saturated heterocycles. The van der Waals surface area contributed by atoms with Crippen LogP contribution in [0, 0.1) is 12.7 Å². The van der Waals surface area contributed by atoms with Gasteiger partial charge in [-0.3, -0.25) is 4.79 Å². The van der Waals surface area contributed by atoms with E-state index in [1.807, 2.05) is 22.6 Å². The van der Waals surface area contributed by atoms with Crippen molar-refractivity contribution in [3.63, 3.8) is 0 Å². The molecule has 3 heterocycles. The lowest BCUT2D eigenvalue weighted by molar-refractivity contribution is 0.0742. The van der Waals surface area contributed by atoms with Crippen LogP contribution in [0.5, 0.6) is 11.5 Å². The van der Waals surface area contributed by atoms with Gasteiger partial charge in [-0.25, -0.2) is 9.07 Å². The van der Waals surface area contributed by atoms with Gasteiger partial charge >= 0.3 is 0 Å². The second kappa shape index (κ2) is 10.8. The lowest BCUT2D eigenvalue weighted by Gasteiger charge is -2.36. The molecule has 1 amide bonds. The summed E-state index contributed by atoms with van der Waals surface area (Å²) < 4.78 is 26.9. The zero-order valence-corrected chi connectivity index (χ0v) is 21.7. The lowest BCUT2D eigenvalue weighted by Crippen LogP contribution is -2.47. The molecule has 2 aliphatic rings. The number of aromatic nitrogens is 2. The van der Waals surface area contributed by atoms with Gasteiger partial charge in [0.25, 0.3) is 5.91 Å². The van der Waals surface area contributed by atoms with E-state index in [-0.39, 0.29) is 18.5 Å². The molecule has 0 bridgehead atoms. The van der Waals surface area contributed by atoms with Gasteiger partial charge < -0.3 is 24.2 Å². The topological polar surface area (TPSA) is 63.1 Å². The van der Waals surface area contributed by atoms with Crippen molar-refractivity contribution in [2.45, 2.75) is 33.7 Å². The highest BCUT2D eigenvalue weighted by Gasteiger charge is 2.28. The summed E-state index contributed by atoms with van der Waals surface area (Å²) in [5, 5.41) is 4.85. The molecule has 2 aromatic carbocycles. The van der Waals surface area contributed by atoms with Crippen molar-refractivity contribution in [3.05, 3.63) is 65.1 Å². The number of piperazine rings is 1. The molecule has 0 aliphatic carbocycles. The number of anilines is 1. The van der Waals surface area contributed by atoms with Crippen LogP contribution < -0.4 is 14.4 Å². The Morgan fingerprint density at radius 1 is 1.05 bits per heavy atom. The highest BCUT2D eigenvalue weighted by atomic mass is 19.1. The van der Waals surface area contributed by atoms with Gasteiger partial charge in [0.05, 0.1) is 17.9 Å². The Bertz CT molecular complexity index is 1270. The second-order valence-corrected chi connectivity index (χ2v) is 9.50. The van der Waals surface area contributed by atoms with Crippen molar-refractivity contribution in [1.82, 2.24) is 19.6 Å². The van der Waals surface area contributed by atoms with Crippen LogP contribution in [-0.2, 0) is 6.54 Å². The third-order valence-corrected chi connectivity index (χ3v) is 7.08. The van der Waals surface area contributed by atoms with E-state index in [4.69, 9.17) is 14.6 Å². The van der Waals surface area contributed by atoms with Crippen LogP contribution in [0.3, 0.4) is 0 Å². The molecule has 0 atom stereocenters. The number of aryl methyl sites for hydroxylation is 1. The van der Waals surface area contributed by atoms with E-state index in [1.165, 1.54) is 12.1 Å². The van der Waals surface area contributed by atoms with Crippen LogP contribution in [0.25, 0.3) is 5.69 Å². The van der Waals surface area contributed by atoms with Crippen molar-refractivity contribution < 1.29 is 18.7 Å². The van der Waals surface area contributed by atoms with E-state index in [9.17, 15) is 9.18 Å². The van der Waals surface area contributed by atoms with E-state index in [1.54, 1.807) is 24.3 Å². The molecule has 0 spiro atoms. The molecule has 8 nitrogen and oxygen atoms in total. The molecule has 37 heavy (non-hydrogen) atoms. The number of rotatable bonds is 8. The molecule has 1 fully saturated rings. The number of ether oxygens (including phenoxy) is 2. The summed E-state index contributed by atoms with van der Waals surface area (Å²) in [6, 6.07) is 11.8. The van der Waals surface area contributed by atoms with Crippen LogP contribution in [0.1, 0.15) is 41.9 Å². The molecule has 0 unspecified atom stereocenters. The molecule has 2 aliphatic heterocycles. The van der Waals surface area contributed by atoms with Crippen LogP contribution in [-0.4, -0.2) is 71.5 Å². The number of benzene rings is 2. The first-order valence-corrected chi connectivity index (χ1v) is 13.0. The minimum absolute atomic E-state index is 0.0696. The summed E-state index contributed by atoms with van der Waals surface area (Å²) in [7, 11) is 0. The van der Waals surface area contributed by atoms with E-state index in [0.29, 0.717) is 35.8 Å². The number of nitrogens with zero attached hydrogens (tertiary/aromatic N) is 5. The SMILES string of the molecule is CCCN(Cc1c(C)nn(-c2cccc(F)c2)c1N1CCN(CC)CC1)C(=O)c1ccc2c(c1)OCO2. The van der Waals surface area contributed by atoms with Crippen molar-refractivity contribution in [1.29, 1.82) is 0 Å². The van der Waals surface area contributed by atoms with Crippen molar-refractivity contribution in [2.75, 3.05) is 51.0 Å². The maximum absolute atomic E-state index is 14.2. The minimum Gasteiger partial charge on any atom is -0.454 e. The van der Waals surface area contributed by atoms with Gasteiger partial charge in [0.1, 0.15) is 11.6 Å². The summed E-state index contributed by atoms with van der Waals surface area (Å²) in [5.41, 5.74) is 3.05. The summed E-state index contributed by atoms with van der Waals surface area (Å²) in [5.74, 6) is 1.80. The summed E-state index contributed by atoms with van der Waals surface area (Å²) in [6.45, 7) is 11.9. The van der Waals surface area contributed by atoms with Gasteiger partial charge in [-0.2, -0.15) is 5.10 Å². The highest BCUT2D eigenvalue weighted by Crippen LogP contribution is 2.34. The molecule has 0 radical (unpaired) electrons. The molecular weight excluding hydrogens is 473 g/mol. The van der Waals surface area contributed by atoms with Gasteiger partial charge in [0.2, 0.25) is 6.79 Å². The summed E-state index contributed by atoms with van der Waals surface area (Å²) in [4.78, 5) is 20.3. The van der Waals surface area contributed by atoms with Crippen molar-refractivity contribution >= 4 is 11.7 Å². The molecule has 0 N–H and O–H groups in total. The largest absolute Gasteiger partial charge is 0.454 e. The number of hydrogen-bond donors (Lipinski definition) is 0. The third kappa shape index (κ3) is 5.13. The maximum atomic E-state index is 14.2. The van der Waals surface area contributed by atoms with Crippen LogP contribution in [0.4, 0.5) is 10.2 Å². The minimum atomic E-state index is -0.306. The van der Waals surface area contributed by atoms with E-state index < -0.39 is 0 Å². The Morgan fingerprint density at radius 2 is 1.84 bits per heavy atom. The predicted octanol–water partition coefficient (Wildman–Crippen LogP) is 4.24. The average Bonchev–Trinajstić information content (AvgIpc) is 3.52. The first-order valence-electron chi connectivity index (χ1n) is 13.0. The summed E-state index contributed by atoms with van der Waals surface area (Å²) >= 11 is 0. The first-order chi connectivity index (χ1) is 18.0. The lowest BCUT2D eigenvalue weighted by atomic mass is 10.1. The fraction of sp³-hybridized carbons (Fsp3) is 0.429. The number of carbonyl (C=O) groups excluding carboxylic acids is 1. The molecule has 5 rings (SSSR count). The average molecular weight is 508 g/mol. The predicted molar refractivity (Wildman–Crippen MR) is 140 cm³/mol. The van der Waals surface area contributed by atoms with Crippen molar-refractivity contribution in [3.8, 4) is 17.2 Å².